The number of nitrogen functional groups attached to an aromatic ring is 1. The zero-order valence-corrected chi connectivity index (χ0v) is 11.6. The molecular formula is C12H18ClN5O. The largest absolute Gasteiger partial charge is 0.394 e. The van der Waals surface area contributed by atoms with Crippen LogP contribution in [0.15, 0.2) is 0 Å². The highest BCUT2D eigenvalue weighted by atomic mass is 35.5. The summed E-state index contributed by atoms with van der Waals surface area (Å²) in [5, 5.41) is 6.19. The second-order valence-electron chi connectivity index (χ2n) is 4.71. The molecule has 0 aromatic carbocycles. The van der Waals surface area contributed by atoms with Gasteiger partial charge < -0.3 is 16.4 Å². The highest BCUT2D eigenvalue weighted by Crippen LogP contribution is 2.20. The van der Waals surface area contributed by atoms with Crippen molar-refractivity contribution < 1.29 is 4.79 Å². The van der Waals surface area contributed by atoms with E-state index in [-0.39, 0.29) is 11.2 Å². The number of nitrogens with one attached hydrogen (secondary N) is 2. The average Bonchev–Trinajstić information content (AvgIpc) is 3.14. The lowest BCUT2D eigenvalue weighted by atomic mass is 10.3. The monoisotopic (exact) mass is 283 g/mol. The molecule has 0 unspecified atom stereocenters. The van der Waals surface area contributed by atoms with Crippen LogP contribution in [0.25, 0.3) is 0 Å². The number of nitrogens with zero attached hydrogens (tertiary/aromatic N) is 2. The van der Waals surface area contributed by atoms with Gasteiger partial charge in [-0.3, -0.25) is 4.79 Å². The van der Waals surface area contributed by atoms with Gasteiger partial charge in [0, 0.05) is 19.0 Å². The number of amides is 1. The number of aromatic nitrogens is 2. The minimum Gasteiger partial charge on any atom is -0.394 e. The number of carbonyl (C=O) groups is 1. The van der Waals surface area contributed by atoms with Crippen molar-refractivity contribution in [3.63, 3.8) is 0 Å². The summed E-state index contributed by atoms with van der Waals surface area (Å²) in [5.74, 6) is 0.634. The highest BCUT2D eigenvalue weighted by Gasteiger charge is 2.22. The second-order valence-corrected chi connectivity index (χ2v) is 5.05. The summed E-state index contributed by atoms with van der Waals surface area (Å²) < 4.78 is 0. The van der Waals surface area contributed by atoms with Crippen molar-refractivity contribution >= 4 is 29.0 Å². The fraction of sp³-hybridized carbons (Fsp3) is 0.583. The van der Waals surface area contributed by atoms with E-state index >= 15 is 0 Å². The molecule has 4 N–H and O–H groups in total. The first-order chi connectivity index (χ1) is 9.06. The number of hydrogen-bond donors (Lipinski definition) is 3. The fourth-order valence-corrected chi connectivity index (χ4v) is 1.88. The Kier molecular flexibility index (Phi) is 4.42. The van der Waals surface area contributed by atoms with Gasteiger partial charge in [-0.1, -0.05) is 0 Å². The summed E-state index contributed by atoms with van der Waals surface area (Å²) in [6.07, 6.45) is 3.44. The van der Waals surface area contributed by atoms with Crippen LogP contribution in [0.3, 0.4) is 0 Å². The molecule has 0 atom stereocenters. The molecule has 6 nitrogen and oxygen atoms in total. The summed E-state index contributed by atoms with van der Waals surface area (Å²) in [6.45, 7) is 2.40. The van der Waals surface area contributed by atoms with E-state index in [1.807, 2.05) is 0 Å². The Morgan fingerprint density at radius 2 is 2.21 bits per heavy atom. The Morgan fingerprint density at radius 3 is 2.89 bits per heavy atom. The SMILES string of the molecule is Cc1nc(Cl)nc(NCCCC(=O)NC2CC2)c1N. The Bertz CT molecular complexity index is 475. The van der Waals surface area contributed by atoms with Crippen molar-refractivity contribution in [1.82, 2.24) is 15.3 Å². The van der Waals surface area contributed by atoms with E-state index in [1.54, 1.807) is 6.92 Å². The first kappa shape index (κ1) is 13.9. The van der Waals surface area contributed by atoms with Gasteiger partial charge in [0.05, 0.1) is 11.4 Å². The van der Waals surface area contributed by atoms with E-state index in [0.29, 0.717) is 36.2 Å². The van der Waals surface area contributed by atoms with Crippen molar-refractivity contribution in [2.45, 2.75) is 38.6 Å². The van der Waals surface area contributed by atoms with E-state index in [1.165, 1.54) is 0 Å². The lowest BCUT2D eigenvalue weighted by Gasteiger charge is -2.10. The lowest BCUT2D eigenvalue weighted by Crippen LogP contribution is -2.25. The molecule has 0 radical (unpaired) electrons. The van der Waals surface area contributed by atoms with Crippen LogP contribution in [0, 0.1) is 6.92 Å². The molecule has 0 aliphatic heterocycles. The van der Waals surface area contributed by atoms with E-state index < -0.39 is 0 Å². The molecule has 0 saturated heterocycles. The Balaban J connectivity index is 1.74. The van der Waals surface area contributed by atoms with Gasteiger partial charge in [0.2, 0.25) is 11.2 Å². The molecule has 1 aromatic rings. The molecule has 1 aliphatic carbocycles. The predicted molar refractivity (Wildman–Crippen MR) is 75.1 cm³/mol. The summed E-state index contributed by atoms with van der Waals surface area (Å²) >= 11 is 5.77. The maximum atomic E-state index is 11.5. The van der Waals surface area contributed by atoms with Gasteiger partial charge in [0.25, 0.3) is 0 Å². The average molecular weight is 284 g/mol. The minimum absolute atomic E-state index is 0.106. The molecule has 0 spiro atoms. The molecule has 1 aliphatic rings. The van der Waals surface area contributed by atoms with E-state index in [9.17, 15) is 4.79 Å². The van der Waals surface area contributed by atoms with Crippen LogP contribution >= 0.6 is 11.6 Å². The van der Waals surface area contributed by atoms with Gasteiger partial charge in [-0.2, -0.15) is 4.98 Å². The normalized spacial score (nSPS) is 14.2. The third-order valence-corrected chi connectivity index (χ3v) is 3.09. The molecule has 7 heteroatoms. The molecule has 1 heterocycles. The maximum absolute atomic E-state index is 11.5. The van der Waals surface area contributed by atoms with Crippen molar-refractivity contribution in [3.05, 3.63) is 11.0 Å². The summed E-state index contributed by atoms with van der Waals surface area (Å²) in [6, 6.07) is 0.416. The third-order valence-electron chi connectivity index (χ3n) is 2.92. The smallest absolute Gasteiger partial charge is 0.224 e. The molecule has 0 bridgehead atoms. The number of anilines is 2. The Hall–Kier alpha value is -1.56. The molecule has 1 fully saturated rings. The van der Waals surface area contributed by atoms with Gasteiger partial charge in [-0.25, -0.2) is 4.98 Å². The number of halogens is 1. The molecule has 2 rings (SSSR count). The van der Waals surface area contributed by atoms with E-state index in [0.717, 1.165) is 19.3 Å². The van der Waals surface area contributed by atoms with Gasteiger partial charge in [0.1, 0.15) is 0 Å². The van der Waals surface area contributed by atoms with Gasteiger partial charge >= 0.3 is 0 Å². The van der Waals surface area contributed by atoms with Crippen molar-refractivity contribution in [3.8, 4) is 0 Å². The molecule has 104 valence electrons. The minimum atomic E-state index is 0.106. The van der Waals surface area contributed by atoms with Crippen LogP contribution in [0.1, 0.15) is 31.4 Å². The summed E-state index contributed by atoms with van der Waals surface area (Å²) in [5.41, 5.74) is 6.98. The summed E-state index contributed by atoms with van der Waals surface area (Å²) in [7, 11) is 0. The van der Waals surface area contributed by atoms with Crippen molar-refractivity contribution in [1.29, 1.82) is 0 Å². The molecule has 1 amide bonds. The number of rotatable bonds is 6. The van der Waals surface area contributed by atoms with Gasteiger partial charge in [-0.15, -0.1) is 0 Å². The molecular weight excluding hydrogens is 266 g/mol. The predicted octanol–water partition coefficient (Wildman–Crippen LogP) is 1.49. The Labute approximate surface area is 117 Å². The van der Waals surface area contributed by atoms with Crippen LogP contribution < -0.4 is 16.4 Å². The van der Waals surface area contributed by atoms with Crippen LogP contribution in [-0.4, -0.2) is 28.5 Å². The number of aryl methyl sites for hydroxylation is 1. The highest BCUT2D eigenvalue weighted by molar-refractivity contribution is 6.28. The number of hydrogen-bond acceptors (Lipinski definition) is 5. The summed E-state index contributed by atoms with van der Waals surface area (Å²) in [4.78, 5) is 19.5. The topological polar surface area (TPSA) is 92.9 Å². The van der Waals surface area contributed by atoms with E-state index in [4.69, 9.17) is 17.3 Å². The fourth-order valence-electron chi connectivity index (χ4n) is 1.67. The van der Waals surface area contributed by atoms with Crippen molar-refractivity contribution in [2.75, 3.05) is 17.6 Å². The maximum Gasteiger partial charge on any atom is 0.224 e. The molecule has 1 aromatic heterocycles. The van der Waals surface area contributed by atoms with Crippen LogP contribution in [0.2, 0.25) is 5.28 Å². The molecule has 1 saturated carbocycles. The first-order valence-electron chi connectivity index (χ1n) is 6.39. The standard InChI is InChI=1S/C12H18ClN5O/c1-7-10(14)11(18-12(13)16-7)15-6-2-3-9(19)17-8-4-5-8/h8H,2-6,14H2,1H3,(H,17,19)(H,15,16,18). The van der Waals surface area contributed by atoms with Gasteiger partial charge in [-0.05, 0) is 37.8 Å². The van der Waals surface area contributed by atoms with Crippen LogP contribution in [-0.2, 0) is 4.79 Å². The van der Waals surface area contributed by atoms with Gasteiger partial charge in [0.15, 0.2) is 5.82 Å². The zero-order valence-electron chi connectivity index (χ0n) is 10.9. The van der Waals surface area contributed by atoms with Crippen molar-refractivity contribution in [2.24, 2.45) is 0 Å². The third kappa shape index (κ3) is 4.24. The van der Waals surface area contributed by atoms with Crippen LogP contribution in [0.4, 0.5) is 11.5 Å². The molecule has 19 heavy (non-hydrogen) atoms. The first-order valence-corrected chi connectivity index (χ1v) is 6.77. The van der Waals surface area contributed by atoms with E-state index in [2.05, 4.69) is 20.6 Å². The van der Waals surface area contributed by atoms with Crippen LogP contribution in [0.5, 0.6) is 0 Å². The second kappa shape index (κ2) is 6.06. The lowest BCUT2D eigenvalue weighted by molar-refractivity contribution is -0.121. The zero-order chi connectivity index (χ0) is 13.8. The Morgan fingerprint density at radius 1 is 1.47 bits per heavy atom. The quantitative estimate of drug-likeness (QED) is 0.543. The number of carbonyl (C=O) groups excluding carboxylic acids is 1. The number of nitrogens with two attached hydrogens (primary N) is 1.